The molecular formula is C64H78Cl4N8O2S2. The van der Waals surface area contributed by atoms with Crippen molar-refractivity contribution >= 4 is 92.1 Å². The first-order chi connectivity index (χ1) is 38.0. The summed E-state index contributed by atoms with van der Waals surface area (Å²) >= 11 is 28.2. The molecule has 16 heteroatoms. The minimum absolute atomic E-state index is 0.119. The van der Waals surface area contributed by atoms with Crippen LogP contribution in [-0.2, 0) is 20.7 Å². The molecule has 0 bridgehead atoms. The smallest absolute Gasteiger partial charge is 0.263 e. The third kappa shape index (κ3) is 10.9. The number of allylic oxidation sites excluding steroid dienone is 2. The standard InChI is InChI=1S/C34H42Cl2N4OS.C30H36Cl2N4OS/c1-20(2)29-30(32(41)39(21(3)4)28-18-27(19-28)38(6)26-8-7-9-26)42-33-37-34(5,23-12-16-25(36)17-13-23)31(40(29)33)22-10-14-24(35)15-11-22;1-17(2)25-26(28(37)35(18(3)4)24-15-23(16-24)33-6)38-29-34-30(5,20-9-13-22(32)14-10-20)27(36(25)29)19-7-11-21(31)12-8-19/h10-17,20-21,26-28,31H,7-9,18-19H2,1-6H3;7-14,17-18,23-24,27,33H,15-16H2,1-6H3/t27?,28?,31-,34+;23?,24?,27-,30+/m11/s1. The number of benzene rings is 4. The third-order valence-electron chi connectivity index (χ3n) is 17.9. The molecule has 426 valence electrons. The number of nitrogens with zero attached hydrogens (tertiary/aromatic N) is 7. The molecule has 4 aliphatic heterocycles. The molecule has 11 rings (SSSR count). The van der Waals surface area contributed by atoms with Gasteiger partial charge < -0.3 is 29.8 Å². The molecule has 4 aromatic rings. The van der Waals surface area contributed by atoms with Gasteiger partial charge in [0.1, 0.15) is 20.9 Å². The van der Waals surface area contributed by atoms with Crippen LogP contribution in [0.5, 0.6) is 0 Å². The maximum Gasteiger partial charge on any atom is 0.263 e. The molecule has 1 N–H and O–H groups in total. The second kappa shape index (κ2) is 23.6. The highest BCUT2D eigenvalue weighted by molar-refractivity contribution is 8.18. The number of thioether (sulfide) groups is 2. The van der Waals surface area contributed by atoms with E-state index < -0.39 is 11.1 Å². The number of hydrogen-bond donors (Lipinski definition) is 1. The lowest BCUT2D eigenvalue weighted by Gasteiger charge is -2.51. The van der Waals surface area contributed by atoms with Gasteiger partial charge in [0, 0.05) is 73.8 Å². The van der Waals surface area contributed by atoms with E-state index in [2.05, 4.69) is 155 Å². The summed E-state index contributed by atoms with van der Waals surface area (Å²) in [5.74, 6) is 0.540. The van der Waals surface area contributed by atoms with Gasteiger partial charge in [-0.1, -0.05) is 129 Å². The van der Waals surface area contributed by atoms with Crippen molar-refractivity contribution in [3.8, 4) is 0 Å². The van der Waals surface area contributed by atoms with Crippen molar-refractivity contribution < 1.29 is 9.59 Å². The number of aliphatic imine (C=N–C) groups is 2. The number of fused-ring (bicyclic) bond motifs is 2. The van der Waals surface area contributed by atoms with Crippen LogP contribution < -0.4 is 5.32 Å². The lowest BCUT2D eigenvalue weighted by atomic mass is 9.80. The maximum absolute atomic E-state index is 14.5. The lowest BCUT2D eigenvalue weighted by Crippen LogP contribution is -2.59. The van der Waals surface area contributed by atoms with Crippen LogP contribution in [0.25, 0.3) is 0 Å². The second-order valence-electron chi connectivity index (χ2n) is 24.4. The molecule has 0 spiro atoms. The highest BCUT2D eigenvalue weighted by Gasteiger charge is 2.56. The van der Waals surface area contributed by atoms with Gasteiger partial charge in [-0.15, -0.1) is 0 Å². The summed E-state index contributed by atoms with van der Waals surface area (Å²) in [5.41, 5.74) is 5.36. The molecule has 0 aromatic heterocycles. The maximum atomic E-state index is 14.5. The topological polar surface area (TPSA) is 87.1 Å². The van der Waals surface area contributed by atoms with Crippen LogP contribution in [0.15, 0.2) is 128 Å². The summed E-state index contributed by atoms with van der Waals surface area (Å²) in [5, 5.41) is 7.90. The van der Waals surface area contributed by atoms with Crippen molar-refractivity contribution in [1.29, 1.82) is 0 Å². The van der Waals surface area contributed by atoms with E-state index in [1.165, 1.54) is 31.0 Å². The number of hydrogen-bond acceptors (Lipinski definition) is 10. The molecule has 7 aliphatic rings. The van der Waals surface area contributed by atoms with E-state index in [0.717, 1.165) is 85.5 Å². The van der Waals surface area contributed by atoms with Gasteiger partial charge >= 0.3 is 0 Å². The number of rotatable bonds is 15. The molecule has 4 atom stereocenters. The van der Waals surface area contributed by atoms with Crippen molar-refractivity contribution in [1.82, 2.24) is 29.8 Å². The molecule has 2 amide bonds. The van der Waals surface area contributed by atoms with Crippen molar-refractivity contribution in [2.24, 2.45) is 21.8 Å². The summed E-state index contributed by atoms with van der Waals surface area (Å²) in [6.07, 6.45) is 8.06. The van der Waals surface area contributed by atoms with Gasteiger partial charge in [0.05, 0.1) is 12.1 Å². The fourth-order valence-corrected chi connectivity index (χ4v) is 16.5. The fourth-order valence-electron chi connectivity index (χ4n) is 13.3. The highest BCUT2D eigenvalue weighted by Crippen LogP contribution is 2.59. The fraction of sp³-hybridized carbons (Fsp3) is 0.500. The van der Waals surface area contributed by atoms with E-state index in [1.807, 2.05) is 55.6 Å². The van der Waals surface area contributed by atoms with E-state index in [-0.39, 0.29) is 59.9 Å². The zero-order chi connectivity index (χ0) is 57.3. The Morgan fingerprint density at radius 3 is 1.21 bits per heavy atom. The lowest BCUT2D eigenvalue weighted by molar-refractivity contribution is -0.135. The number of carbonyl (C=O) groups excluding carboxylic acids is 2. The predicted molar refractivity (Wildman–Crippen MR) is 335 cm³/mol. The Bertz CT molecular complexity index is 3080. The van der Waals surface area contributed by atoms with Gasteiger partial charge in [-0.2, -0.15) is 0 Å². The third-order valence-corrected chi connectivity index (χ3v) is 21.1. The Kier molecular flexibility index (Phi) is 17.4. The summed E-state index contributed by atoms with van der Waals surface area (Å²) in [4.78, 5) is 52.6. The SMILES string of the molecule is CC(C)C1=C(C(=O)N(C(C)C)C2CC(N(C)C3CCC3)C2)SC2=N[C@@](C)(c3ccc(Cl)cc3)[C@@H](c3ccc(Cl)cc3)N21.CNC1CC(N(C(=O)C2=C(C(C)C)N3C(=N[C@@](C)(c4ccc(Cl)cc4)[C@H]3c3ccc(Cl)cc3)S2)C(C)C)C1. The Morgan fingerprint density at radius 1 is 0.550 bits per heavy atom. The number of carbonyl (C=O) groups is 2. The average molecular weight is 1200 g/mol. The first-order valence-corrected chi connectivity index (χ1v) is 31.9. The van der Waals surface area contributed by atoms with Crippen LogP contribution in [0.4, 0.5) is 0 Å². The molecule has 0 unspecified atom stereocenters. The molecule has 3 aliphatic carbocycles. The van der Waals surface area contributed by atoms with Gasteiger partial charge in [0.2, 0.25) is 0 Å². The van der Waals surface area contributed by atoms with E-state index in [1.54, 1.807) is 11.8 Å². The minimum Gasteiger partial charge on any atom is -0.333 e. The van der Waals surface area contributed by atoms with E-state index in [4.69, 9.17) is 56.4 Å². The van der Waals surface area contributed by atoms with E-state index in [0.29, 0.717) is 32.2 Å². The molecule has 0 radical (unpaired) electrons. The number of nitrogens with one attached hydrogen (secondary N) is 1. The van der Waals surface area contributed by atoms with Crippen molar-refractivity contribution in [3.63, 3.8) is 0 Å². The summed E-state index contributed by atoms with van der Waals surface area (Å²) in [6, 6.07) is 34.4. The van der Waals surface area contributed by atoms with Crippen LogP contribution in [0, 0.1) is 11.8 Å². The van der Waals surface area contributed by atoms with Gasteiger partial charge in [0.15, 0.2) is 10.3 Å². The molecule has 3 fully saturated rings. The Labute approximate surface area is 504 Å². The normalized spacial score (nSPS) is 27.1. The Hall–Kier alpha value is -3.98. The zero-order valence-corrected chi connectivity index (χ0v) is 53.0. The zero-order valence-electron chi connectivity index (χ0n) is 48.3. The second-order valence-corrected chi connectivity index (χ2v) is 28.1. The molecular weight excluding hydrogens is 1120 g/mol. The highest BCUT2D eigenvalue weighted by atomic mass is 35.5. The largest absolute Gasteiger partial charge is 0.333 e. The number of halogens is 4. The van der Waals surface area contributed by atoms with E-state index in [9.17, 15) is 9.59 Å². The van der Waals surface area contributed by atoms with E-state index >= 15 is 0 Å². The van der Waals surface area contributed by atoms with Crippen LogP contribution >= 0.6 is 69.9 Å². The Balaban J connectivity index is 0.000000181. The van der Waals surface area contributed by atoms with Crippen LogP contribution in [0.2, 0.25) is 20.1 Å². The first-order valence-electron chi connectivity index (χ1n) is 28.7. The number of amidine groups is 2. The molecule has 10 nitrogen and oxygen atoms in total. The monoisotopic (exact) mass is 1190 g/mol. The molecule has 0 saturated heterocycles. The minimum atomic E-state index is -0.569. The average Bonchev–Trinajstić information content (AvgIpc) is 4.31. The van der Waals surface area contributed by atoms with Crippen molar-refractivity contribution in [3.05, 3.63) is 161 Å². The first kappa shape index (κ1) is 59.2. The predicted octanol–water partition coefficient (Wildman–Crippen LogP) is 15.7. The number of amides is 2. The van der Waals surface area contributed by atoms with Crippen LogP contribution in [0.1, 0.15) is 149 Å². The van der Waals surface area contributed by atoms with Gasteiger partial charge in [-0.3, -0.25) is 9.59 Å². The Morgan fingerprint density at radius 2 is 0.900 bits per heavy atom. The quantitative estimate of drug-likeness (QED) is 0.126. The summed E-state index contributed by atoms with van der Waals surface area (Å²) in [6.45, 7) is 21.6. The molecule has 4 heterocycles. The van der Waals surface area contributed by atoms with Crippen molar-refractivity contribution in [2.45, 2.75) is 180 Å². The van der Waals surface area contributed by atoms with Crippen molar-refractivity contribution in [2.75, 3.05) is 14.1 Å². The molecule has 4 aromatic carbocycles. The molecule has 80 heavy (non-hydrogen) atoms. The van der Waals surface area contributed by atoms with Gasteiger partial charge in [-0.25, -0.2) is 9.98 Å². The molecule has 3 saturated carbocycles. The van der Waals surface area contributed by atoms with Crippen LogP contribution in [-0.4, -0.2) is 103 Å². The van der Waals surface area contributed by atoms with Crippen LogP contribution in [0.3, 0.4) is 0 Å². The van der Waals surface area contributed by atoms with Gasteiger partial charge in [-0.05, 0) is 200 Å². The summed E-state index contributed by atoms with van der Waals surface area (Å²) < 4.78 is 0. The summed E-state index contributed by atoms with van der Waals surface area (Å²) in [7, 11) is 4.27. The van der Waals surface area contributed by atoms with Gasteiger partial charge in [0.25, 0.3) is 11.8 Å².